The van der Waals surface area contributed by atoms with E-state index in [2.05, 4.69) is 38.5 Å². The number of hydrogen-bond donors (Lipinski definition) is 2. The van der Waals surface area contributed by atoms with Crippen molar-refractivity contribution < 1.29 is 0 Å². The van der Waals surface area contributed by atoms with Crippen molar-refractivity contribution in [3.05, 3.63) is 11.4 Å². The highest BCUT2D eigenvalue weighted by Gasteiger charge is 2.26. The summed E-state index contributed by atoms with van der Waals surface area (Å²) in [6.07, 6.45) is 1.92. The van der Waals surface area contributed by atoms with Gasteiger partial charge in [-0.2, -0.15) is 0 Å². The zero-order valence-corrected chi connectivity index (χ0v) is 7.85. The van der Waals surface area contributed by atoms with E-state index < -0.39 is 0 Å². The summed E-state index contributed by atoms with van der Waals surface area (Å²) in [5, 5.41) is 6.49. The molecule has 2 atom stereocenters. The number of nitrogens with one attached hydrogen (secondary N) is 2. The molecule has 2 unspecified atom stereocenters. The highest BCUT2D eigenvalue weighted by atomic mass is 79.9. The average Bonchev–Trinajstić information content (AvgIpc) is 2.34. The van der Waals surface area contributed by atoms with Gasteiger partial charge >= 0.3 is 0 Å². The normalized spacial score (nSPS) is 35.5. The third-order valence-electron chi connectivity index (χ3n) is 2.04. The molecule has 0 bridgehead atoms. The van der Waals surface area contributed by atoms with Gasteiger partial charge in [0.2, 0.25) is 0 Å². The van der Waals surface area contributed by atoms with Crippen LogP contribution in [0.4, 0.5) is 0 Å². The van der Waals surface area contributed by atoms with Gasteiger partial charge in [-0.15, -0.1) is 0 Å². The summed E-state index contributed by atoms with van der Waals surface area (Å²) in [7, 11) is 0. The van der Waals surface area contributed by atoms with E-state index in [1.807, 2.05) is 6.21 Å². The maximum absolute atomic E-state index is 4.25. The molecule has 2 heterocycles. The molecular formula is C7H10BrN3. The first kappa shape index (κ1) is 7.31. The second-order valence-corrected chi connectivity index (χ2v) is 3.75. The van der Waals surface area contributed by atoms with Crippen molar-refractivity contribution in [3.8, 4) is 0 Å². The SMILES string of the molecule is CC1NCNC2=C1C(Br)C=N2. The first-order chi connectivity index (χ1) is 5.29. The molecule has 3 nitrogen and oxygen atoms in total. The molecule has 2 rings (SSSR count). The molecule has 0 aromatic heterocycles. The third-order valence-corrected chi connectivity index (χ3v) is 2.77. The van der Waals surface area contributed by atoms with Crippen LogP contribution in [0.15, 0.2) is 16.4 Å². The number of halogens is 1. The Bertz CT molecular complexity index is 234. The summed E-state index contributed by atoms with van der Waals surface area (Å²) in [6.45, 7) is 2.97. The van der Waals surface area contributed by atoms with Gasteiger partial charge in [-0.05, 0) is 6.92 Å². The molecule has 0 amide bonds. The second kappa shape index (κ2) is 2.60. The number of hydrogen-bond acceptors (Lipinski definition) is 3. The Morgan fingerprint density at radius 1 is 1.73 bits per heavy atom. The van der Waals surface area contributed by atoms with Gasteiger partial charge < -0.3 is 5.32 Å². The molecule has 0 saturated heterocycles. The smallest absolute Gasteiger partial charge is 0.128 e. The maximum Gasteiger partial charge on any atom is 0.128 e. The number of rotatable bonds is 0. The Hall–Kier alpha value is -0.350. The van der Waals surface area contributed by atoms with Crippen LogP contribution >= 0.6 is 15.9 Å². The number of nitrogens with zero attached hydrogens (tertiary/aromatic N) is 1. The molecule has 0 saturated carbocycles. The van der Waals surface area contributed by atoms with Crippen LogP contribution < -0.4 is 10.6 Å². The van der Waals surface area contributed by atoms with Crippen molar-refractivity contribution in [2.24, 2.45) is 4.99 Å². The molecule has 0 spiro atoms. The fourth-order valence-corrected chi connectivity index (χ4v) is 2.15. The van der Waals surface area contributed by atoms with Crippen LogP contribution in [0.2, 0.25) is 0 Å². The first-order valence-electron chi connectivity index (χ1n) is 3.68. The van der Waals surface area contributed by atoms with Gasteiger partial charge in [0.15, 0.2) is 0 Å². The zero-order chi connectivity index (χ0) is 7.84. The minimum atomic E-state index is 0.313. The predicted octanol–water partition coefficient (Wildman–Crippen LogP) is 0.585. The Kier molecular flexibility index (Phi) is 1.73. The maximum atomic E-state index is 4.25. The minimum Gasteiger partial charge on any atom is -0.357 e. The van der Waals surface area contributed by atoms with E-state index >= 15 is 0 Å². The first-order valence-corrected chi connectivity index (χ1v) is 4.60. The fourth-order valence-electron chi connectivity index (χ4n) is 1.41. The molecule has 0 radical (unpaired) electrons. The molecule has 2 aliphatic heterocycles. The van der Waals surface area contributed by atoms with Crippen molar-refractivity contribution in [1.82, 2.24) is 10.6 Å². The lowest BCUT2D eigenvalue weighted by Crippen LogP contribution is -2.43. The van der Waals surface area contributed by atoms with E-state index in [0.29, 0.717) is 10.9 Å². The second-order valence-electron chi connectivity index (χ2n) is 2.76. The predicted molar refractivity (Wildman–Crippen MR) is 48.8 cm³/mol. The molecule has 0 aromatic carbocycles. The van der Waals surface area contributed by atoms with Crippen LogP contribution in [0.25, 0.3) is 0 Å². The Morgan fingerprint density at radius 2 is 2.55 bits per heavy atom. The minimum absolute atomic E-state index is 0.313. The summed E-state index contributed by atoms with van der Waals surface area (Å²) in [5.41, 5.74) is 1.32. The van der Waals surface area contributed by atoms with Crippen LogP contribution in [0.5, 0.6) is 0 Å². The van der Waals surface area contributed by atoms with Crippen molar-refractivity contribution in [1.29, 1.82) is 0 Å². The molecule has 0 aromatic rings. The number of alkyl halides is 1. The summed E-state index contributed by atoms with van der Waals surface area (Å²) in [6, 6.07) is 0.429. The molecule has 0 fully saturated rings. The van der Waals surface area contributed by atoms with Gasteiger partial charge in [-0.3, -0.25) is 5.32 Å². The van der Waals surface area contributed by atoms with Gasteiger partial charge in [0.25, 0.3) is 0 Å². The van der Waals surface area contributed by atoms with Gasteiger partial charge in [0.05, 0.1) is 11.5 Å². The highest BCUT2D eigenvalue weighted by Crippen LogP contribution is 2.25. The van der Waals surface area contributed by atoms with Crippen molar-refractivity contribution in [3.63, 3.8) is 0 Å². The standard InChI is InChI=1S/C7H10BrN3/c1-4-6-5(8)2-9-7(6)11-3-10-4/h2,4-5,10-11H,3H2,1H3. The zero-order valence-electron chi connectivity index (χ0n) is 6.26. The van der Waals surface area contributed by atoms with Crippen LogP contribution in [0, 0.1) is 0 Å². The summed E-state index contributed by atoms with van der Waals surface area (Å²) in [5.74, 6) is 1.04. The lowest BCUT2D eigenvalue weighted by atomic mass is 10.1. The van der Waals surface area contributed by atoms with E-state index in [1.165, 1.54) is 5.57 Å². The molecule has 11 heavy (non-hydrogen) atoms. The largest absolute Gasteiger partial charge is 0.357 e. The van der Waals surface area contributed by atoms with Crippen molar-refractivity contribution in [2.75, 3.05) is 6.67 Å². The van der Waals surface area contributed by atoms with E-state index in [0.717, 1.165) is 12.5 Å². The molecule has 4 heteroatoms. The summed E-state index contributed by atoms with van der Waals surface area (Å²) in [4.78, 5) is 4.56. The number of aliphatic imine (C=N–C) groups is 1. The monoisotopic (exact) mass is 215 g/mol. The van der Waals surface area contributed by atoms with Crippen LogP contribution in [0.3, 0.4) is 0 Å². The molecule has 60 valence electrons. The van der Waals surface area contributed by atoms with Crippen LogP contribution in [-0.2, 0) is 0 Å². The summed E-state index contributed by atoms with van der Waals surface area (Å²) >= 11 is 3.53. The van der Waals surface area contributed by atoms with E-state index in [9.17, 15) is 0 Å². The summed E-state index contributed by atoms with van der Waals surface area (Å²) < 4.78 is 0. The highest BCUT2D eigenvalue weighted by molar-refractivity contribution is 9.10. The van der Waals surface area contributed by atoms with Crippen LogP contribution in [-0.4, -0.2) is 23.8 Å². The van der Waals surface area contributed by atoms with Crippen molar-refractivity contribution in [2.45, 2.75) is 17.8 Å². The van der Waals surface area contributed by atoms with Gasteiger partial charge in [0, 0.05) is 17.8 Å². The molecule has 2 aliphatic rings. The van der Waals surface area contributed by atoms with E-state index in [-0.39, 0.29) is 0 Å². The Labute approximate surface area is 74.1 Å². The molecular weight excluding hydrogens is 206 g/mol. The van der Waals surface area contributed by atoms with Crippen LogP contribution in [0.1, 0.15) is 6.92 Å². The third kappa shape index (κ3) is 1.10. The van der Waals surface area contributed by atoms with E-state index in [4.69, 9.17) is 0 Å². The average molecular weight is 216 g/mol. The van der Waals surface area contributed by atoms with Gasteiger partial charge in [-0.25, -0.2) is 4.99 Å². The van der Waals surface area contributed by atoms with E-state index in [1.54, 1.807) is 0 Å². The quantitative estimate of drug-likeness (QED) is 0.581. The molecule has 2 N–H and O–H groups in total. The lowest BCUT2D eigenvalue weighted by molar-refractivity contribution is 0.528. The lowest BCUT2D eigenvalue weighted by Gasteiger charge is -2.24. The topological polar surface area (TPSA) is 36.4 Å². The molecule has 0 aliphatic carbocycles. The fraction of sp³-hybridized carbons (Fsp3) is 0.571. The van der Waals surface area contributed by atoms with Gasteiger partial charge in [-0.1, -0.05) is 15.9 Å². The van der Waals surface area contributed by atoms with Gasteiger partial charge in [0.1, 0.15) is 5.82 Å². The Morgan fingerprint density at radius 3 is 3.27 bits per heavy atom. The van der Waals surface area contributed by atoms with Crippen molar-refractivity contribution >= 4 is 22.1 Å². The Balaban J connectivity index is 2.32.